The van der Waals surface area contributed by atoms with Crippen LogP contribution in [0, 0.1) is 19.8 Å². The molecule has 0 saturated carbocycles. The molecule has 23 heavy (non-hydrogen) atoms. The van der Waals surface area contributed by atoms with Crippen molar-refractivity contribution in [2.45, 2.75) is 20.3 Å². The van der Waals surface area contributed by atoms with Gasteiger partial charge in [0.1, 0.15) is 0 Å². The molecule has 4 heteroatoms. The molecule has 0 saturated heterocycles. The fraction of sp³-hybridized carbons (Fsp3) is 0.316. The van der Waals surface area contributed by atoms with Gasteiger partial charge in [-0.3, -0.25) is 4.79 Å². The number of aliphatic hydroxyl groups excluding tert-OH is 1. The minimum absolute atomic E-state index is 0.00151. The highest BCUT2D eigenvalue weighted by Crippen LogP contribution is 2.15. The van der Waals surface area contributed by atoms with Gasteiger partial charge in [-0.2, -0.15) is 0 Å². The maximum Gasteiger partial charge on any atom is 0.251 e. The van der Waals surface area contributed by atoms with Gasteiger partial charge in [0.25, 0.3) is 5.91 Å². The molecule has 3 nitrogen and oxygen atoms in total. The van der Waals surface area contributed by atoms with Crippen LogP contribution in [-0.4, -0.2) is 24.2 Å². The third kappa shape index (κ3) is 5.19. The predicted molar refractivity (Wildman–Crippen MR) is 96.7 cm³/mol. The third-order valence-corrected chi connectivity index (χ3v) is 4.35. The van der Waals surface area contributed by atoms with Gasteiger partial charge in [0.2, 0.25) is 0 Å². The Labute approximate surface area is 145 Å². The van der Waals surface area contributed by atoms with Crippen molar-refractivity contribution in [1.29, 1.82) is 0 Å². The van der Waals surface area contributed by atoms with Crippen molar-refractivity contribution in [3.8, 4) is 0 Å². The lowest BCUT2D eigenvalue weighted by molar-refractivity contribution is 0.0939. The van der Waals surface area contributed by atoms with E-state index in [0.717, 1.165) is 27.6 Å². The zero-order chi connectivity index (χ0) is 16.8. The lowest BCUT2D eigenvalue weighted by Crippen LogP contribution is -2.32. The summed E-state index contributed by atoms with van der Waals surface area (Å²) in [5, 5.41) is 12.5. The van der Waals surface area contributed by atoms with E-state index in [4.69, 9.17) is 0 Å². The van der Waals surface area contributed by atoms with Crippen LogP contribution >= 0.6 is 15.9 Å². The molecule has 1 amide bonds. The Morgan fingerprint density at radius 2 is 2.00 bits per heavy atom. The first kappa shape index (κ1) is 17.7. The number of rotatable bonds is 6. The van der Waals surface area contributed by atoms with Gasteiger partial charge < -0.3 is 10.4 Å². The largest absolute Gasteiger partial charge is 0.396 e. The summed E-state index contributed by atoms with van der Waals surface area (Å²) in [6.45, 7) is 4.40. The Morgan fingerprint density at radius 3 is 2.70 bits per heavy atom. The van der Waals surface area contributed by atoms with Crippen LogP contribution in [0.15, 0.2) is 46.9 Å². The minimum atomic E-state index is -0.0844. The van der Waals surface area contributed by atoms with Crippen LogP contribution in [0.25, 0.3) is 0 Å². The van der Waals surface area contributed by atoms with Crippen molar-refractivity contribution >= 4 is 21.8 Å². The van der Waals surface area contributed by atoms with Crippen LogP contribution < -0.4 is 5.32 Å². The summed E-state index contributed by atoms with van der Waals surface area (Å²) in [7, 11) is 0. The number of amides is 1. The van der Waals surface area contributed by atoms with Crippen molar-refractivity contribution in [3.05, 3.63) is 69.2 Å². The van der Waals surface area contributed by atoms with Crippen LogP contribution in [0.1, 0.15) is 27.0 Å². The molecule has 0 heterocycles. The van der Waals surface area contributed by atoms with E-state index >= 15 is 0 Å². The van der Waals surface area contributed by atoms with Crippen molar-refractivity contribution in [3.63, 3.8) is 0 Å². The molecular weight excluding hydrogens is 354 g/mol. The second-order valence-corrected chi connectivity index (χ2v) is 6.83. The van der Waals surface area contributed by atoms with Gasteiger partial charge in [-0.25, -0.2) is 0 Å². The summed E-state index contributed by atoms with van der Waals surface area (Å²) in [4.78, 5) is 12.3. The fourth-order valence-corrected chi connectivity index (χ4v) is 2.96. The number of hydrogen-bond acceptors (Lipinski definition) is 2. The minimum Gasteiger partial charge on any atom is -0.396 e. The Hall–Kier alpha value is -1.65. The van der Waals surface area contributed by atoms with Crippen molar-refractivity contribution < 1.29 is 9.90 Å². The van der Waals surface area contributed by atoms with E-state index in [1.54, 1.807) is 0 Å². The smallest absolute Gasteiger partial charge is 0.251 e. The molecule has 0 aliphatic rings. The first-order valence-electron chi connectivity index (χ1n) is 7.70. The second kappa shape index (κ2) is 8.27. The number of carbonyl (C=O) groups excluding carboxylic acids is 1. The van der Waals surface area contributed by atoms with Crippen LogP contribution in [0.5, 0.6) is 0 Å². The van der Waals surface area contributed by atoms with Gasteiger partial charge in [-0.15, -0.1) is 0 Å². The SMILES string of the molecule is Cc1ccc(C)c(C(=O)NC[C@H](CO)Cc2cccc(Br)c2)c1. The molecular formula is C19H22BrNO2. The molecule has 0 aliphatic carbocycles. The number of aliphatic hydroxyl groups is 1. The van der Waals surface area contributed by atoms with E-state index in [1.165, 1.54) is 0 Å². The topological polar surface area (TPSA) is 49.3 Å². The summed E-state index contributed by atoms with van der Waals surface area (Å²) < 4.78 is 1.02. The molecule has 2 rings (SSSR count). The van der Waals surface area contributed by atoms with E-state index in [1.807, 2.05) is 56.3 Å². The number of carbonyl (C=O) groups is 1. The quantitative estimate of drug-likeness (QED) is 0.809. The van der Waals surface area contributed by atoms with Crippen LogP contribution in [0.4, 0.5) is 0 Å². The molecule has 122 valence electrons. The molecule has 1 atom stereocenters. The number of benzene rings is 2. The first-order valence-corrected chi connectivity index (χ1v) is 8.49. The van der Waals surface area contributed by atoms with Crippen molar-refractivity contribution in [2.24, 2.45) is 5.92 Å². The van der Waals surface area contributed by atoms with E-state index in [9.17, 15) is 9.90 Å². The van der Waals surface area contributed by atoms with Crippen molar-refractivity contribution in [2.75, 3.05) is 13.2 Å². The second-order valence-electron chi connectivity index (χ2n) is 5.91. The van der Waals surface area contributed by atoms with Gasteiger partial charge >= 0.3 is 0 Å². The summed E-state index contributed by atoms with van der Waals surface area (Å²) in [5.74, 6) is -0.0859. The maximum absolute atomic E-state index is 12.3. The highest BCUT2D eigenvalue weighted by atomic mass is 79.9. The predicted octanol–water partition coefficient (Wildman–Crippen LogP) is 3.65. The Balaban J connectivity index is 1.97. The average molecular weight is 376 g/mol. The number of aryl methyl sites for hydroxylation is 2. The van der Waals surface area contributed by atoms with E-state index in [2.05, 4.69) is 21.2 Å². The lowest BCUT2D eigenvalue weighted by Gasteiger charge is -2.16. The number of nitrogens with one attached hydrogen (secondary N) is 1. The van der Waals surface area contributed by atoms with Crippen molar-refractivity contribution in [1.82, 2.24) is 5.32 Å². The van der Waals surface area contributed by atoms with Gasteiger partial charge in [-0.05, 0) is 49.6 Å². The average Bonchev–Trinajstić information content (AvgIpc) is 2.53. The summed E-state index contributed by atoms with van der Waals surface area (Å²) in [6.07, 6.45) is 0.725. The molecule has 0 spiro atoms. The normalized spacial score (nSPS) is 12.0. The Morgan fingerprint density at radius 1 is 1.22 bits per heavy atom. The molecule has 0 fully saturated rings. The number of halogens is 1. The molecule has 0 unspecified atom stereocenters. The van der Waals surface area contributed by atoms with E-state index in [0.29, 0.717) is 12.1 Å². The molecule has 0 bridgehead atoms. The van der Waals surface area contributed by atoms with Gasteiger partial charge in [-0.1, -0.05) is 45.8 Å². The maximum atomic E-state index is 12.3. The van der Waals surface area contributed by atoms with Gasteiger partial charge in [0.05, 0.1) is 0 Å². The standard InChI is InChI=1S/C19H22BrNO2/c1-13-6-7-14(2)18(8-13)19(23)21-11-16(12-22)9-15-4-3-5-17(20)10-15/h3-8,10,16,22H,9,11-12H2,1-2H3,(H,21,23)/t16-/m1/s1. The first-order chi connectivity index (χ1) is 11.0. The molecule has 0 aromatic heterocycles. The number of hydrogen-bond donors (Lipinski definition) is 2. The van der Waals surface area contributed by atoms with E-state index in [-0.39, 0.29) is 18.4 Å². The molecule has 0 radical (unpaired) electrons. The third-order valence-electron chi connectivity index (χ3n) is 3.86. The summed E-state index contributed by atoms with van der Waals surface area (Å²) in [6, 6.07) is 13.9. The summed E-state index contributed by atoms with van der Waals surface area (Å²) in [5.41, 5.74) is 3.86. The zero-order valence-corrected chi connectivity index (χ0v) is 15.1. The van der Waals surface area contributed by atoms with Crippen LogP contribution in [0.2, 0.25) is 0 Å². The van der Waals surface area contributed by atoms with Crippen LogP contribution in [-0.2, 0) is 6.42 Å². The summed E-state index contributed by atoms with van der Waals surface area (Å²) >= 11 is 3.45. The molecule has 2 aromatic carbocycles. The van der Waals surface area contributed by atoms with Gasteiger partial charge in [0, 0.05) is 29.1 Å². The zero-order valence-electron chi connectivity index (χ0n) is 13.5. The Bertz CT molecular complexity index is 685. The molecule has 0 aliphatic heterocycles. The monoisotopic (exact) mass is 375 g/mol. The highest BCUT2D eigenvalue weighted by molar-refractivity contribution is 9.10. The fourth-order valence-electron chi connectivity index (χ4n) is 2.51. The van der Waals surface area contributed by atoms with Crippen LogP contribution in [0.3, 0.4) is 0 Å². The van der Waals surface area contributed by atoms with Gasteiger partial charge in [0.15, 0.2) is 0 Å². The Kier molecular flexibility index (Phi) is 6.37. The highest BCUT2D eigenvalue weighted by Gasteiger charge is 2.13. The molecule has 2 N–H and O–H groups in total. The van der Waals surface area contributed by atoms with E-state index < -0.39 is 0 Å². The molecule has 2 aromatic rings. The lowest BCUT2D eigenvalue weighted by atomic mass is 9.99.